The highest BCUT2D eigenvalue weighted by Crippen LogP contribution is 2.35. The fourth-order valence-electron chi connectivity index (χ4n) is 3.43. The number of carbonyl (C=O) groups is 1. The molecule has 5 aromatic rings. The summed E-state index contributed by atoms with van der Waals surface area (Å²) in [6, 6.07) is 18.4. The number of benzene rings is 1. The van der Waals surface area contributed by atoms with Gasteiger partial charge in [0.25, 0.3) is 11.5 Å². The normalized spacial score (nSPS) is 11.1. The minimum absolute atomic E-state index is 0.225. The summed E-state index contributed by atoms with van der Waals surface area (Å²) in [5, 5.41) is 11.3. The lowest BCUT2D eigenvalue weighted by Crippen LogP contribution is -2.32. The molecule has 1 amide bonds. The van der Waals surface area contributed by atoms with Crippen LogP contribution in [-0.2, 0) is 6.54 Å². The number of aryl methyl sites for hydroxylation is 1. The Bertz CT molecular complexity index is 1510. The molecule has 5 rings (SSSR count). The number of rotatable bonds is 6. The average molecular weight is 474 g/mol. The van der Waals surface area contributed by atoms with E-state index in [4.69, 9.17) is 0 Å². The van der Waals surface area contributed by atoms with E-state index in [1.165, 1.54) is 10.7 Å². The number of pyridine rings is 1. The minimum atomic E-state index is -0.288. The van der Waals surface area contributed by atoms with Gasteiger partial charge in [0.2, 0.25) is 0 Å². The van der Waals surface area contributed by atoms with Crippen LogP contribution in [0.1, 0.15) is 16.2 Å². The van der Waals surface area contributed by atoms with E-state index >= 15 is 0 Å². The quantitative estimate of drug-likeness (QED) is 0.395. The third-order valence-corrected chi connectivity index (χ3v) is 7.29. The van der Waals surface area contributed by atoms with Crippen LogP contribution >= 0.6 is 22.7 Å². The number of thiazole rings is 1. The Morgan fingerprint density at radius 3 is 2.76 bits per heavy atom. The van der Waals surface area contributed by atoms with Crippen LogP contribution in [0.25, 0.3) is 31.4 Å². The molecule has 0 unspecified atom stereocenters. The topological polar surface area (TPSA) is 89.8 Å². The number of fused-ring (bicyclic) bond motifs is 1. The van der Waals surface area contributed by atoms with Crippen LogP contribution in [-0.4, -0.2) is 32.2 Å². The van der Waals surface area contributed by atoms with Crippen LogP contribution in [0.5, 0.6) is 0 Å². The van der Waals surface area contributed by atoms with Gasteiger partial charge >= 0.3 is 0 Å². The number of nitrogens with one attached hydrogen (secondary N) is 1. The van der Waals surface area contributed by atoms with E-state index in [0.29, 0.717) is 11.4 Å². The fourth-order valence-corrected chi connectivity index (χ4v) is 5.26. The maximum atomic E-state index is 12.5. The van der Waals surface area contributed by atoms with Crippen molar-refractivity contribution in [1.82, 2.24) is 25.1 Å². The van der Waals surface area contributed by atoms with Crippen LogP contribution in [0.3, 0.4) is 0 Å². The van der Waals surface area contributed by atoms with Crippen molar-refractivity contribution in [3.8, 4) is 20.5 Å². The first kappa shape index (κ1) is 21.2. The largest absolute Gasteiger partial charge is 0.349 e. The fraction of sp³-hybridized carbons (Fsp3) is 0.125. The highest BCUT2D eigenvalue weighted by molar-refractivity contribution is 7.23. The summed E-state index contributed by atoms with van der Waals surface area (Å²) in [6.45, 7) is 2.45. The van der Waals surface area contributed by atoms with Gasteiger partial charge in [-0.05, 0) is 36.6 Å². The Morgan fingerprint density at radius 2 is 1.91 bits per heavy atom. The number of hydrogen-bond acceptors (Lipinski definition) is 7. The van der Waals surface area contributed by atoms with Crippen molar-refractivity contribution in [1.29, 1.82) is 0 Å². The van der Waals surface area contributed by atoms with Gasteiger partial charge in [0.1, 0.15) is 16.4 Å². The van der Waals surface area contributed by atoms with Crippen molar-refractivity contribution in [3.05, 3.63) is 87.8 Å². The molecule has 0 aliphatic rings. The Hall–Kier alpha value is -3.69. The maximum Gasteiger partial charge on any atom is 0.269 e. The van der Waals surface area contributed by atoms with Crippen molar-refractivity contribution in [2.24, 2.45) is 0 Å². The number of carbonyl (C=O) groups excluding carboxylic acids is 1. The number of para-hydroxylation sites is 1. The first-order chi connectivity index (χ1) is 16.1. The highest BCUT2D eigenvalue weighted by atomic mass is 32.1. The number of amides is 1. The van der Waals surface area contributed by atoms with Gasteiger partial charge in [-0.1, -0.05) is 30.3 Å². The molecule has 1 aromatic carbocycles. The predicted octanol–water partition coefficient (Wildman–Crippen LogP) is 4.38. The molecule has 9 heteroatoms. The first-order valence-corrected chi connectivity index (χ1v) is 12.0. The molecule has 0 fully saturated rings. The summed E-state index contributed by atoms with van der Waals surface area (Å²) in [7, 11) is 0. The SMILES string of the molecule is Cc1nc(-c2cccs2)sc1-c1ccc(=O)n(CCNC(=O)c2ccc3ccccc3n2)n1. The molecule has 0 spiro atoms. The van der Waals surface area contributed by atoms with Crippen LogP contribution in [0.15, 0.2) is 70.8 Å². The van der Waals surface area contributed by atoms with Gasteiger partial charge in [-0.25, -0.2) is 14.6 Å². The summed E-state index contributed by atoms with van der Waals surface area (Å²) in [4.78, 5) is 36.0. The molecule has 0 saturated carbocycles. The van der Waals surface area contributed by atoms with E-state index in [1.807, 2.05) is 54.8 Å². The van der Waals surface area contributed by atoms with Crippen LogP contribution in [0.4, 0.5) is 0 Å². The Balaban J connectivity index is 1.30. The molecule has 0 aliphatic carbocycles. The smallest absolute Gasteiger partial charge is 0.269 e. The molecule has 164 valence electrons. The van der Waals surface area contributed by atoms with E-state index in [0.717, 1.165) is 31.4 Å². The third kappa shape index (κ3) is 4.46. The monoisotopic (exact) mass is 473 g/mol. The average Bonchev–Trinajstić information content (AvgIpc) is 3.50. The lowest BCUT2D eigenvalue weighted by atomic mass is 10.2. The van der Waals surface area contributed by atoms with Crippen molar-refractivity contribution >= 4 is 39.5 Å². The summed E-state index contributed by atoms with van der Waals surface area (Å²) >= 11 is 3.19. The number of aromatic nitrogens is 4. The van der Waals surface area contributed by atoms with Gasteiger partial charge in [-0.15, -0.1) is 22.7 Å². The Morgan fingerprint density at radius 1 is 1.03 bits per heavy atom. The van der Waals surface area contributed by atoms with Gasteiger partial charge in [-0.3, -0.25) is 9.59 Å². The van der Waals surface area contributed by atoms with Crippen molar-refractivity contribution in [3.63, 3.8) is 0 Å². The zero-order chi connectivity index (χ0) is 22.8. The molecule has 0 aliphatic heterocycles. The predicted molar refractivity (Wildman–Crippen MR) is 132 cm³/mol. The van der Waals surface area contributed by atoms with Gasteiger partial charge in [0.15, 0.2) is 0 Å². The molecule has 7 nitrogen and oxygen atoms in total. The molecular formula is C24H19N5O2S2. The molecule has 0 atom stereocenters. The standard InChI is InChI=1S/C24H19N5O2S2/c1-15-22(33-24(26-15)20-7-4-14-32-20)18-10-11-21(30)29(28-18)13-12-25-23(31)19-9-8-16-5-2-3-6-17(16)27-19/h2-11,14H,12-13H2,1H3,(H,25,31). The summed E-state index contributed by atoms with van der Waals surface area (Å²) < 4.78 is 1.37. The Kier molecular flexibility index (Phi) is 5.80. The summed E-state index contributed by atoms with van der Waals surface area (Å²) in [5.74, 6) is -0.288. The lowest BCUT2D eigenvalue weighted by molar-refractivity contribution is 0.0947. The van der Waals surface area contributed by atoms with Crippen LogP contribution < -0.4 is 10.9 Å². The van der Waals surface area contributed by atoms with Gasteiger partial charge < -0.3 is 5.32 Å². The number of hydrogen-bond donors (Lipinski definition) is 1. The van der Waals surface area contributed by atoms with E-state index < -0.39 is 0 Å². The van der Waals surface area contributed by atoms with Gasteiger partial charge in [0.05, 0.1) is 27.5 Å². The van der Waals surface area contributed by atoms with Gasteiger partial charge in [-0.2, -0.15) is 5.10 Å². The lowest BCUT2D eigenvalue weighted by Gasteiger charge is -2.08. The van der Waals surface area contributed by atoms with Crippen molar-refractivity contribution < 1.29 is 4.79 Å². The van der Waals surface area contributed by atoms with Gasteiger partial charge in [0, 0.05) is 18.0 Å². The second-order valence-corrected chi connectivity index (χ2v) is 9.28. The molecule has 0 saturated heterocycles. The summed E-state index contributed by atoms with van der Waals surface area (Å²) in [5.41, 5.74) is 2.44. The summed E-state index contributed by atoms with van der Waals surface area (Å²) in [6.07, 6.45) is 0. The second kappa shape index (κ2) is 9.05. The highest BCUT2D eigenvalue weighted by Gasteiger charge is 2.14. The molecule has 1 N–H and O–H groups in total. The first-order valence-electron chi connectivity index (χ1n) is 10.3. The van der Waals surface area contributed by atoms with Crippen molar-refractivity contribution in [2.75, 3.05) is 6.54 Å². The maximum absolute atomic E-state index is 12.5. The van der Waals surface area contributed by atoms with E-state index in [2.05, 4.69) is 20.4 Å². The number of nitrogens with zero attached hydrogens (tertiary/aromatic N) is 4. The van der Waals surface area contributed by atoms with Crippen LogP contribution in [0.2, 0.25) is 0 Å². The molecule has 0 radical (unpaired) electrons. The van der Waals surface area contributed by atoms with Crippen LogP contribution in [0, 0.1) is 6.92 Å². The van der Waals surface area contributed by atoms with E-state index in [1.54, 1.807) is 34.8 Å². The molecule has 4 aromatic heterocycles. The third-order valence-electron chi connectivity index (χ3n) is 5.07. The molecule has 4 heterocycles. The minimum Gasteiger partial charge on any atom is -0.349 e. The molecular weight excluding hydrogens is 454 g/mol. The zero-order valence-electron chi connectivity index (χ0n) is 17.7. The van der Waals surface area contributed by atoms with E-state index in [-0.39, 0.29) is 24.6 Å². The van der Waals surface area contributed by atoms with Crippen molar-refractivity contribution in [2.45, 2.75) is 13.5 Å². The van der Waals surface area contributed by atoms with E-state index in [9.17, 15) is 9.59 Å². The Labute approximate surface area is 197 Å². The zero-order valence-corrected chi connectivity index (χ0v) is 19.3. The molecule has 33 heavy (non-hydrogen) atoms. The molecule has 0 bridgehead atoms. The number of thiophene rings is 1. The second-order valence-electron chi connectivity index (χ2n) is 7.34.